The Balaban J connectivity index is 2.06. The molecule has 0 spiro atoms. The number of hydrogen-bond acceptors (Lipinski definition) is 5. The van der Waals surface area contributed by atoms with E-state index in [-0.39, 0.29) is 11.4 Å². The first-order valence-electron chi connectivity index (χ1n) is 7.20. The lowest BCUT2D eigenvalue weighted by Gasteiger charge is -2.36. The number of hydrogen-bond donors (Lipinski definition) is 2. The number of nitrogens with one attached hydrogen (secondary N) is 1. The molecule has 0 unspecified atom stereocenters. The molecule has 0 saturated carbocycles. The molecule has 1 aliphatic heterocycles. The fraction of sp³-hybridized carbons (Fsp3) is 0.769. The first kappa shape index (κ1) is 16.4. The maximum Gasteiger partial charge on any atom is 0.244 e. The summed E-state index contributed by atoms with van der Waals surface area (Å²) in [5, 5.41) is 14.5. The second-order valence-electron chi connectivity index (χ2n) is 5.76. The van der Waals surface area contributed by atoms with Gasteiger partial charge in [-0.1, -0.05) is 0 Å². The minimum Gasteiger partial charge on any atom is -0.388 e. The molecular formula is C13H24N4O3S. The van der Waals surface area contributed by atoms with E-state index in [1.165, 1.54) is 6.20 Å². The number of aliphatic hydroxyl groups is 1. The summed E-state index contributed by atoms with van der Waals surface area (Å²) in [5.74, 6) is 0. The number of nitrogens with zero attached hydrogens (tertiary/aromatic N) is 3. The molecular weight excluding hydrogens is 292 g/mol. The molecule has 2 rings (SSSR count). The Bertz CT molecular complexity index is 589. The molecule has 1 fully saturated rings. The van der Waals surface area contributed by atoms with Gasteiger partial charge < -0.3 is 10.0 Å². The van der Waals surface area contributed by atoms with E-state index in [2.05, 4.69) is 14.7 Å². The fourth-order valence-corrected chi connectivity index (χ4v) is 3.83. The fourth-order valence-electron chi connectivity index (χ4n) is 2.53. The van der Waals surface area contributed by atoms with Crippen LogP contribution in [0.4, 0.5) is 0 Å². The van der Waals surface area contributed by atoms with Gasteiger partial charge in [-0.3, -0.25) is 4.68 Å². The summed E-state index contributed by atoms with van der Waals surface area (Å²) in [5.41, 5.74) is -0.353. The molecule has 2 heterocycles. The number of aromatic nitrogens is 2. The van der Waals surface area contributed by atoms with Gasteiger partial charge in [0.1, 0.15) is 4.90 Å². The minimum atomic E-state index is -3.64. The molecule has 1 aliphatic rings. The van der Waals surface area contributed by atoms with Gasteiger partial charge in [0.2, 0.25) is 10.0 Å². The van der Waals surface area contributed by atoms with Gasteiger partial charge in [0, 0.05) is 26.2 Å². The van der Waals surface area contributed by atoms with Crippen LogP contribution in [0, 0.1) is 6.92 Å². The number of likely N-dealkylation sites (tertiary alicyclic amines) is 1. The molecule has 21 heavy (non-hydrogen) atoms. The smallest absolute Gasteiger partial charge is 0.244 e. The molecule has 2 N–H and O–H groups in total. The van der Waals surface area contributed by atoms with Crippen molar-refractivity contribution in [3.8, 4) is 0 Å². The highest BCUT2D eigenvalue weighted by Crippen LogP contribution is 2.22. The summed E-state index contributed by atoms with van der Waals surface area (Å²) in [6.07, 6.45) is 2.50. The Morgan fingerprint density at radius 2 is 2.05 bits per heavy atom. The Labute approximate surface area is 126 Å². The Kier molecular flexibility index (Phi) is 4.72. The topological polar surface area (TPSA) is 87.5 Å². The van der Waals surface area contributed by atoms with Crippen LogP contribution < -0.4 is 4.72 Å². The molecule has 1 aromatic rings. The highest BCUT2D eigenvalue weighted by molar-refractivity contribution is 7.89. The predicted molar refractivity (Wildman–Crippen MR) is 79.5 cm³/mol. The van der Waals surface area contributed by atoms with Crippen molar-refractivity contribution in [3.05, 3.63) is 11.9 Å². The van der Waals surface area contributed by atoms with Gasteiger partial charge in [0.15, 0.2) is 0 Å². The average molecular weight is 316 g/mol. The highest BCUT2D eigenvalue weighted by atomic mass is 32.2. The zero-order valence-electron chi connectivity index (χ0n) is 12.8. The number of sulfonamides is 1. The van der Waals surface area contributed by atoms with E-state index in [1.807, 2.05) is 14.0 Å². The van der Waals surface area contributed by atoms with Gasteiger partial charge in [0.05, 0.1) is 17.5 Å². The van der Waals surface area contributed by atoms with E-state index in [4.69, 9.17) is 0 Å². The van der Waals surface area contributed by atoms with Crippen LogP contribution in [0.3, 0.4) is 0 Å². The zero-order chi connectivity index (χ0) is 15.7. The lowest BCUT2D eigenvalue weighted by atomic mass is 9.92. The third-order valence-corrected chi connectivity index (χ3v) is 5.66. The third kappa shape index (κ3) is 3.63. The average Bonchev–Trinajstić information content (AvgIpc) is 2.82. The van der Waals surface area contributed by atoms with Gasteiger partial charge in [-0.2, -0.15) is 5.10 Å². The molecule has 7 nitrogen and oxygen atoms in total. The largest absolute Gasteiger partial charge is 0.388 e. The molecule has 0 aliphatic carbocycles. The summed E-state index contributed by atoms with van der Waals surface area (Å²) >= 11 is 0. The van der Waals surface area contributed by atoms with Crippen LogP contribution in [-0.4, -0.2) is 60.5 Å². The molecule has 0 aromatic carbocycles. The zero-order valence-corrected chi connectivity index (χ0v) is 13.7. The van der Waals surface area contributed by atoms with Gasteiger partial charge in [-0.25, -0.2) is 13.1 Å². The molecule has 0 atom stereocenters. The predicted octanol–water partition coefficient (Wildman–Crippen LogP) is -0.0536. The van der Waals surface area contributed by atoms with Crippen molar-refractivity contribution in [1.82, 2.24) is 19.4 Å². The Morgan fingerprint density at radius 3 is 2.57 bits per heavy atom. The maximum atomic E-state index is 12.3. The normalized spacial score (nSPS) is 19.8. The summed E-state index contributed by atoms with van der Waals surface area (Å²) in [4.78, 5) is 2.30. The van der Waals surface area contributed by atoms with E-state index in [0.717, 1.165) is 13.1 Å². The van der Waals surface area contributed by atoms with Gasteiger partial charge in [-0.15, -0.1) is 0 Å². The Hall–Kier alpha value is -0.960. The number of piperidine rings is 1. The van der Waals surface area contributed by atoms with Crippen LogP contribution in [0.2, 0.25) is 0 Å². The van der Waals surface area contributed by atoms with Crippen molar-refractivity contribution in [3.63, 3.8) is 0 Å². The first-order chi connectivity index (χ1) is 9.77. The van der Waals surface area contributed by atoms with E-state index in [1.54, 1.807) is 11.6 Å². The lowest BCUT2D eigenvalue weighted by molar-refractivity contribution is -0.0104. The molecule has 0 bridgehead atoms. The molecule has 0 amide bonds. The van der Waals surface area contributed by atoms with Crippen molar-refractivity contribution < 1.29 is 13.5 Å². The van der Waals surface area contributed by atoms with E-state index in [0.29, 0.717) is 25.1 Å². The van der Waals surface area contributed by atoms with E-state index in [9.17, 15) is 13.5 Å². The second-order valence-corrected chi connectivity index (χ2v) is 7.50. The summed E-state index contributed by atoms with van der Waals surface area (Å²) in [6, 6.07) is 0. The van der Waals surface area contributed by atoms with Crippen molar-refractivity contribution in [1.29, 1.82) is 0 Å². The van der Waals surface area contributed by atoms with Crippen LogP contribution in [-0.2, 0) is 16.6 Å². The molecule has 1 aromatic heterocycles. The maximum absolute atomic E-state index is 12.3. The third-order valence-electron chi connectivity index (χ3n) is 4.16. The van der Waals surface area contributed by atoms with Crippen molar-refractivity contribution in [2.75, 3.05) is 26.7 Å². The van der Waals surface area contributed by atoms with Gasteiger partial charge >= 0.3 is 0 Å². The quantitative estimate of drug-likeness (QED) is 0.795. The Morgan fingerprint density at radius 1 is 1.43 bits per heavy atom. The van der Waals surface area contributed by atoms with Crippen molar-refractivity contribution in [2.45, 2.75) is 43.7 Å². The van der Waals surface area contributed by atoms with E-state index < -0.39 is 15.6 Å². The minimum absolute atomic E-state index is 0.0416. The van der Waals surface area contributed by atoms with Crippen LogP contribution >= 0.6 is 0 Å². The van der Waals surface area contributed by atoms with Crippen molar-refractivity contribution >= 4 is 10.0 Å². The highest BCUT2D eigenvalue weighted by Gasteiger charge is 2.33. The first-order valence-corrected chi connectivity index (χ1v) is 8.69. The summed E-state index contributed by atoms with van der Waals surface area (Å²) < 4.78 is 28.9. The van der Waals surface area contributed by atoms with E-state index >= 15 is 0 Å². The molecule has 8 heteroatoms. The molecule has 120 valence electrons. The number of aryl methyl sites for hydroxylation is 1. The van der Waals surface area contributed by atoms with Gasteiger partial charge in [-0.05, 0) is 33.7 Å². The van der Waals surface area contributed by atoms with Crippen LogP contribution in [0.25, 0.3) is 0 Å². The van der Waals surface area contributed by atoms with Crippen LogP contribution in [0.1, 0.15) is 25.5 Å². The SMILES string of the molecule is CCn1ncc(S(=O)(=O)NCC2(O)CCN(C)CC2)c1C. The summed E-state index contributed by atoms with van der Waals surface area (Å²) in [7, 11) is -1.65. The lowest BCUT2D eigenvalue weighted by Crippen LogP contribution is -2.50. The van der Waals surface area contributed by atoms with Crippen molar-refractivity contribution in [2.24, 2.45) is 0 Å². The molecule has 1 saturated heterocycles. The molecule has 0 radical (unpaired) electrons. The monoisotopic (exact) mass is 316 g/mol. The standard InChI is InChI=1S/C13H24N4O3S/c1-4-17-11(2)12(9-14-17)21(19,20)15-10-13(18)5-7-16(3)8-6-13/h9,15,18H,4-8,10H2,1-3H3. The van der Waals surface area contributed by atoms with Crippen LogP contribution in [0.15, 0.2) is 11.1 Å². The number of rotatable bonds is 5. The second kappa shape index (κ2) is 6.04. The van der Waals surface area contributed by atoms with Crippen LogP contribution in [0.5, 0.6) is 0 Å². The van der Waals surface area contributed by atoms with Gasteiger partial charge in [0.25, 0.3) is 0 Å². The summed E-state index contributed by atoms with van der Waals surface area (Å²) in [6.45, 7) is 5.84.